The molecule has 0 unspecified atom stereocenters. The van der Waals surface area contributed by atoms with Gasteiger partial charge in [-0.15, -0.1) is 0 Å². The largest absolute Gasteiger partial charge is 0.387 e. The van der Waals surface area contributed by atoms with Crippen molar-refractivity contribution >= 4 is 28.9 Å². The second kappa shape index (κ2) is 4.74. The molecule has 1 aromatic carbocycles. The summed E-state index contributed by atoms with van der Waals surface area (Å²) in [4.78, 5) is 18.7. The van der Waals surface area contributed by atoms with E-state index >= 15 is 0 Å². The van der Waals surface area contributed by atoms with Crippen LogP contribution in [0.2, 0.25) is 5.02 Å². The van der Waals surface area contributed by atoms with Gasteiger partial charge in [0.1, 0.15) is 0 Å². The van der Waals surface area contributed by atoms with Crippen molar-refractivity contribution in [1.82, 2.24) is 4.98 Å². The van der Waals surface area contributed by atoms with Gasteiger partial charge in [0.15, 0.2) is 0 Å². The maximum absolute atomic E-state index is 12.8. The molecule has 0 aliphatic carbocycles. The first-order chi connectivity index (χ1) is 9.95. The number of carbonyl (C=O) groups excluding carboxylic acids is 1. The quantitative estimate of drug-likeness (QED) is 0.920. The number of aromatic nitrogens is 1. The summed E-state index contributed by atoms with van der Waals surface area (Å²) in [5.74, 6) is -0.0262. The predicted octanol–water partition coefficient (Wildman–Crippen LogP) is 3.67. The SMILES string of the molecule is CNc1cncc(N2C(=O)c3ccc(Cl)cc3C2(C)C)c1. The molecule has 3 rings (SSSR count). The predicted molar refractivity (Wildman–Crippen MR) is 85.1 cm³/mol. The van der Waals surface area contributed by atoms with Crippen LogP contribution in [0.4, 0.5) is 11.4 Å². The van der Waals surface area contributed by atoms with Gasteiger partial charge in [-0.05, 0) is 43.7 Å². The van der Waals surface area contributed by atoms with Crippen molar-refractivity contribution in [2.45, 2.75) is 19.4 Å². The van der Waals surface area contributed by atoms with Gasteiger partial charge in [0.05, 0.1) is 29.3 Å². The highest BCUT2D eigenvalue weighted by molar-refractivity contribution is 6.31. The standard InChI is InChI=1S/C16H16ClN3O/c1-16(2)14-6-10(17)4-5-13(14)15(21)20(16)12-7-11(18-3)8-19-9-12/h4-9,18H,1-3H3. The molecule has 0 saturated carbocycles. The zero-order chi connectivity index (χ0) is 15.2. The Morgan fingerprint density at radius 1 is 1.24 bits per heavy atom. The van der Waals surface area contributed by atoms with Crippen LogP contribution >= 0.6 is 11.6 Å². The van der Waals surface area contributed by atoms with E-state index in [1.165, 1.54) is 0 Å². The summed E-state index contributed by atoms with van der Waals surface area (Å²) in [7, 11) is 1.83. The Labute approximate surface area is 128 Å². The molecule has 1 N–H and O–H groups in total. The Morgan fingerprint density at radius 2 is 2.00 bits per heavy atom. The Morgan fingerprint density at radius 3 is 2.71 bits per heavy atom. The molecule has 0 fully saturated rings. The average Bonchev–Trinajstić information content (AvgIpc) is 2.66. The fraction of sp³-hybridized carbons (Fsp3) is 0.250. The molecule has 0 bridgehead atoms. The maximum Gasteiger partial charge on any atom is 0.259 e. The lowest BCUT2D eigenvalue weighted by atomic mass is 9.93. The highest BCUT2D eigenvalue weighted by atomic mass is 35.5. The number of fused-ring (bicyclic) bond motifs is 1. The smallest absolute Gasteiger partial charge is 0.259 e. The third kappa shape index (κ3) is 2.07. The molecule has 0 spiro atoms. The van der Waals surface area contributed by atoms with E-state index in [2.05, 4.69) is 10.3 Å². The van der Waals surface area contributed by atoms with E-state index in [9.17, 15) is 4.79 Å². The van der Waals surface area contributed by atoms with Gasteiger partial charge in [-0.1, -0.05) is 11.6 Å². The fourth-order valence-electron chi connectivity index (χ4n) is 2.83. The zero-order valence-electron chi connectivity index (χ0n) is 12.1. The summed E-state index contributed by atoms with van der Waals surface area (Å²) >= 11 is 6.09. The Bertz CT molecular complexity index is 727. The van der Waals surface area contributed by atoms with E-state index in [4.69, 9.17) is 11.6 Å². The molecule has 1 aromatic heterocycles. The number of nitrogens with zero attached hydrogens (tertiary/aromatic N) is 2. The van der Waals surface area contributed by atoms with Crippen LogP contribution in [-0.2, 0) is 5.54 Å². The molecule has 1 aliphatic rings. The molecule has 1 amide bonds. The van der Waals surface area contributed by atoms with E-state index in [0.717, 1.165) is 16.9 Å². The van der Waals surface area contributed by atoms with Crippen LogP contribution < -0.4 is 10.2 Å². The Hall–Kier alpha value is -2.07. The summed E-state index contributed by atoms with van der Waals surface area (Å²) in [6, 6.07) is 7.32. The maximum atomic E-state index is 12.8. The van der Waals surface area contributed by atoms with E-state index in [-0.39, 0.29) is 5.91 Å². The number of hydrogen-bond donors (Lipinski definition) is 1. The lowest BCUT2D eigenvalue weighted by molar-refractivity contribution is 0.0982. The number of carbonyl (C=O) groups is 1. The molecule has 2 heterocycles. The highest BCUT2D eigenvalue weighted by Gasteiger charge is 2.44. The highest BCUT2D eigenvalue weighted by Crippen LogP contribution is 2.42. The summed E-state index contributed by atoms with van der Waals surface area (Å²) in [5, 5.41) is 3.68. The van der Waals surface area contributed by atoms with Crippen LogP contribution in [0.5, 0.6) is 0 Å². The van der Waals surface area contributed by atoms with Gasteiger partial charge >= 0.3 is 0 Å². The van der Waals surface area contributed by atoms with Gasteiger partial charge in [0.25, 0.3) is 5.91 Å². The number of nitrogens with one attached hydrogen (secondary N) is 1. The van der Waals surface area contributed by atoms with Crippen LogP contribution in [0.3, 0.4) is 0 Å². The van der Waals surface area contributed by atoms with E-state index in [0.29, 0.717) is 10.6 Å². The van der Waals surface area contributed by atoms with E-state index in [1.807, 2.05) is 33.0 Å². The van der Waals surface area contributed by atoms with Crippen molar-refractivity contribution < 1.29 is 4.79 Å². The van der Waals surface area contributed by atoms with Crippen molar-refractivity contribution in [3.8, 4) is 0 Å². The third-order valence-corrected chi connectivity index (χ3v) is 4.14. The molecule has 108 valence electrons. The van der Waals surface area contributed by atoms with Crippen molar-refractivity contribution in [2.75, 3.05) is 17.3 Å². The van der Waals surface area contributed by atoms with E-state index in [1.54, 1.807) is 29.4 Å². The Kier molecular flexibility index (Phi) is 3.14. The number of pyridine rings is 1. The monoisotopic (exact) mass is 301 g/mol. The Balaban J connectivity index is 2.15. The summed E-state index contributed by atoms with van der Waals surface area (Å²) < 4.78 is 0. The van der Waals surface area contributed by atoms with Gasteiger partial charge < -0.3 is 5.32 Å². The second-order valence-corrected chi connectivity index (χ2v) is 6.01. The molecule has 2 aromatic rings. The molecule has 1 aliphatic heterocycles. The lowest BCUT2D eigenvalue weighted by Gasteiger charge is -2.32. The summed E-state index contributed by atoms with van der Waals surface area (Å²) in [5.41, 5.74) is 2.80. The number of rotatable bonds is 2. The molecule has 4 nitrogen and oxygen atoms in total. The number of halogens is 1. The van der Waals surface area contributed by atoms with Crippen LogP contribution in [0, 0.1) is 0 Å². The van der Waals surface area contributed by atoms with Crippen molar-refractivity contribution in [3.63, 3.8) is 0 Å². The summed E-state index contributed by atoms with van der Waals surface area (Å²) in [6.07, 6.45) is 3.43. The van der Waals surface area contributed by atoms with Crippen molar-refractivity contribution in [3.05, 3.63) is 52.8 Å². The first-order valence-corrected chi connectivity index (χ1v) is 7.10. The second-order valence-electron chi connectivity index (χ2n) is 5.57. The molecule has 0 saturated heterocycles. The summed E-state index contributed by atoms with van der Waals surface area (Å²) in [6.45, 7) is 4.03. The van der Waals surface area contributed by atoms with Gasteiger partial charge in [-0.3, -0.25) is 14.7 Å². The van der Waals surface area contributed by atoms with Gasteiger partial charge in [-0.25, -0.2) is 0 Å². The average molecular weight is 302 g/mol. The third-order valence-electron chi connectivity index (χ3n) is 3.90. The molecular formula is C16H16ClN3O. The topological polar surface area (TPSA) is 45.2 Å². The van der Waals surface area contributed by atoms with Crippen LogP contribution in [-0.4, -0.2) is 17.9 Å². The minimum atomic E-state index is -0.467. The van der Waals surface area contributed by atoms with Crippen molar-refractivity contribution in [2.24, 2.45) is 0 Å². The number of hydrogen-bond acceptors (Lipinski definition) is 3. The van der Waals surface area contributed by atoms with E-state index < -0.39 is 5.54 Å². The molecule has 5 heteroatoms. The number of anilines is 2. The van der Waals surface area contributed by atoms with Gasteiger partial charge in [0, 0.05) is 17.6 Å². The number of amides is 1. The number of benzene rings is 1. The molecule has 0 radical (unpaired) electrons. The molecule has 0 atom stereocenters. The fourth-order valence-corrected chi connectivity index (χ4v) is 3.00. The minimum Gasteiger partial charge on any atom is -0.387 e. The molecular weight excluding hydrogens is 286 g/mol. The first-order valence-electron chi connectivity index (χ1n) is 6.72. The van der Waals surface area contributed by atoms with Crippen LogP contribution in [0.1, 0.15) is 29.8 Å². The zero-order valence-corrected chi connectivity index (χ0v) is 12.9. The van der Waals surface area contributed by atoms with Crippen LogP contribution in [0.25, 0.3) is 0 Å². The van der Waals surface area contributed by atoms with Gasteiger partial charge in [0.2, 0.25) is 0 Å². The van der Waals surface area contributed by atoms with Crippen molar-refractivity contribution in [1.29, 1.82) is 0 Å². The normalized spacial score (nSPS) is 16.0. The minimum absolute atomic E-state index is 0.0262. The first kappa shape index (κ1) is 13.9. The van der Waals surface area contributed by atoms with Gasteiger partial charge in [-0.2, -0.15) is 0 Å². The molecule has 21 heavy (non-hydrogen) atoms. The lowest BCUT2D eigenvalue weighted by Crippen LogP contribution is -2.39. The van der Waals surface area contributed by atoms with Crippen LogP contribution in [0.15, 0.2) is 36.7 Å².